The Kier molecular flexibility index (Phi) is 46.5. The van der Waals surface area contributed by atoms with Crippen molar-refractivity contribution in [3.05, 3.63) is 0 Å². The fourth-order valence-corrected chi connectivity index (χ4v) is 23.7. The molecule has 0 N–H and O–H groups in total. The molecule has 0 bridgehead atoms. The first-order valence-electron chi connectivity index (χ1n) is 34.9. The molecule has 76 heavy (non-hydrogen) atoms. The minimum atomic E-state index is -0.748. The van der Waals surface area contributed by atoms with E-state index in [2.05, 4.69) is 164 Å². The summed E-state index contributed by atoms with van der Waals surface area (Å²) >= 11 is -0.748. The van der Waals surface area contributed by atoms with Gasteiger partial charge < -0.3 is 4.90 Å². The van der Waals surface area contributed by atoms with Crippen LogP contribution < -0.4 is 0 Å². The van der Waals surface area contributed by atoms with Crippen molar-refractivity contribution in [2.75, 3.05) is 32.9 Å². The second kappa shape index (κ2) is 46.1. The maximum absolute atomic E-state index is 2.76. The first kappa shape index (κ1) is 76.7. The molecule has 460 valence electrons. The molecule has 0 aromatic rings. The molecule has 2 unspecified atom stereocenters. The number of halogens is 1. The normalized spacial score (nSPS) is 18.5. The number of hydrogen-bond donors (Lipinski definition) is 0. The molecule has 14 atom stereocenters. The average Bonchev–Trinajstić information content (AvgIpc) is 3.24. The van der Waals surface area contributed by atoms with Crippen molar-refractivity contribution >= 4 is 19.8 Å². The van der Waals surface area contributed by atoms with E-state index in [4.69, 9.17) is 0 Å². The van der Waals surface area contributed by atoms with Gasteiger partial charge in [0.2, 0.25) is 0 Å². The van der Waals surface area contributed by atoms with Gasteiger partial charge in [0, 0.05) is 13.1 Å². The predicted molar refractivity (Wildman–Crippen MR) is 362 cm³/mol. The van der Waals surface area contributed by atoms with Crippen molar-refractivity contribution in [1.82, 2.24) is 4.90 Å². The third-order valence-electron chi connectivity index (χ3n) is 17.9. The quantitative estimate of drug-likeness (QED) is 0.0333. The molecule has 0 heterocycles. The number of alkyl halides is 3. The molecular formula is C74H152IN. The van der Waals surface area contributed by atoms with Gasteiger partial charge in [-0.15, -0.1) is 0 Å². The summed E-state index contributed by atoms with van der Waals surface area (Å²) in [6, 6.07) is 0. The molecule has 0 aliphatic carbocycles. The van der Waals surface area contributed by atoms with Gasteiger partial charge in [0.15, 0.2) is 0 Å². The molecule has 0 radical (unpaired) electrons. The Morgan fingerprint density at radius 2 is 0.539 bits per heavy atom. The van der Waals surface area contributed by atoms with Crippen molar-refractivity contribution in [3.63, 3.8) is 0 Å². The summed E-state index contributed by atoms with van der Waals surface area (Å²) in [5, 5.41) is 0. The van der Waals surface area contributed by atoms with E-state index < -0.39 is 19.8 Å². The molecular weight excluding hydrogens is 1030 g/mol. The molecule has 2 heteroatoms. The summed E-state index contributed by atoms with van der Waals surface area (Å²) in [7, 11) is 0. The van der Waals surface area contributed by atoms with Gasteiger partial charge in [-0.2, -0.15) is 0 Å². The Balaban J connectivity index is 5.47. The Morgan fingerprint density at radius 1 is 0.263 bits per heavy atom. The minimum Gasteiger partial charge on any atom is -0.0628 e. The maximum atomic E-state index is 2.76. The molecule has 0 saturated carbocycles. The van der Waals surface area contributed by atoms with Gasteiger partial charge in [0.05, 0.1) is 0 Å². The summed E-state index contributed by atoms with van der Waals surface area (Å²) in [5.41, 5.74) is 0. The molecule has 0 aromatic heterocycles. The molecule has 0 aliphatic heterocycles. The van der Waals surface area contributed by atoms with Crippen molar-refractivity contribution in [1.29, 1.82) is 0 Å². The Bertz CT molecular complexity index is 1230. The van der Waals surface area contributed by atoms with Gasteiger partial charge in [0.1, 0.15) is 0 Å². The fraction of sp³-hybridized carbons (Fsp3) is 1.00. The van der Waals surface area contributed by atoms with Crippen LogP contribution in [-0.4, -0.2) is 37.8 Å². The summed E-state index contributed by atoms with van der Waals surface area (Å²) in [6.45, 7) is 61.5. The third-order valence-corrected chi connectivity index (χ3v) is 26.2. The summed E-state index contributed by atoms with van der Waals surface area (Å²) in [4.78, 5) is 2.76. The molecule has 0 saturated heterocycles. The molecule has 1 nitrogen and oxygen atoms in total. The third kappa shape index (κ3) is 46.2. The van der Waals surface area contributed by atoms with Crippen molar-refractivity contribution < 1.29 is 0 Å². The van der Waals surface area contributed by atoms with Crippen LogP contribution in [-0.2, 0) is 0 Å². The first-order chi connectivity index (χ1) is 35.6. The Labute approximate surface area is 493 Å². The number of hydrogen-bond acceptors (Lipinski definition) is 1. The Morgan fingerprint density at radius 3 is 0.842 bits per heavy atom. The van der Waals surface area contributed by atoms with E-state index in [0.717, 1.165) is 112 Å². The van der Waals surface area contributed by atoms with Crippen LogP contribution in [0.1, 0.15) is 326 Å². The van der Waals surface area contributed by atoms with Crippen LogP contribution in [0.5, 0.6) is 0 Å². The number of rotatable bonds is 52. The average molecular weight is 1180 g/mol. The zero-order chi connectivity index (χ0) is 57.8. The summed E-state index contributed by atoms with van der Waals surface area (Å²) in [5.74, 6) is 16.2. The van der Waals surface area contributed by atoms with Crippen molar-refractivity contribution in [2.45, 2.75) is 326 Å². The standard InChI is InChI=1S/C74H152IN/c1-24-61(12)39-63(14)41-66(17)45-70(21)50-74(35-31-27-29-33-37-76(54-59(8)9)55-60(10)11)51-72(23)47-68(19)43-65(16)42-67(18)46-71(22)49-73(48-69(20)44-64(15)40-62(13)38-56(2)3)34-30-26-25-28-32-36-75(52-57(4)5)53-58(6)7/h56-74H,24-55H2,1-23H3/t61-,62+,63-,64+,65+,66-,67-,68+,69+,70-,71-,72+,73?,74?/m0/s1. The summed E-state index contributed by atoms with van der Waals surface area (Å²) in [6.07, 6.45) is 37.5. The van der Waals surface area contributed by atoms with Crippen LogP contribution in [0.3, 0.4) is 0 Å². The second-order valence-corrected chi connectivity index (χ2v) is 37.8. The fourth-order valence-electron chi connectivity index (χ4n) is 15.9. The van der Waals surface area contributed by atoms with Crippen LogP contribution in [0.4, 0.5) is 0 Å². The number of unbranched alkanes of at least 4 members (excludes halogenated alkanes) is 7. The monoisotopic (exact) mass is 1180 g/mol. The summed E-state index contributed by atoms with van der Waals surface area (Å²) < 4.78 is 4.79. The van der Waals surface area contributed by atoms with Gasteiger partial charge in [-0.3, -0.25) is 0 Å². The van der Waals surface area contributed by atoms with E-state index >= 15 is 0 Å². The van der Waals surface area contributed by atoms with Gasteiger partial charge >= 0.3 is 180 Å². The van der Waals surface area contributed by atoms with Crippen LogP contribution >= 0.6 is 19.8 Å². The van der Waals surface area contributed by atoms with Crippen LogP contribution in [0.15, 0.2) is 0 Å². The minimum absolute atomic E-state index is 0.748. The Hall–Kier alpha value is 0.690. The van der Waals surface area contributed by atoms with Gasteiger partial charge in [0.25, 0.3) is 0 Å². The topological polar surface area (TPSA) is 3.24 Å². The van der Waals surface area contributed by atoms with Gasteiger partial charge in [-0.1, -0.05) is 150 Å². The smallest absolute Gasteiger partial charge is 0.0628 e. The second-order valence-electron chi connectivity index (χ2n) is 31.8. The van der Waals surface area contributed by atoms with Crippen LogP contribution in [0.2, 0.25) is 0 Å². The molecule has 0 rings (SSSR count). The zero-order valence-corrected chi connectivity index (χ0v) is 59.6. The van der Waals surface area contributed by atoms with E-state index in [9.17, 15) is 0 Å². The van der Waals surface area contributed by atoms with E-state index in [-0.39, 0.29) is 0 Å². The molecule has 0 amide bonds. The molecule has 0 aromatic carbocycles. The van der Waals surface area contributed by atoms with Crippen molar-refractivity contribution in [2.24, 2.45) is 112 Å². The van der Waals surface area contributed by atoms with Gasteiger partial charge in [-0.05, 0) is 148 Å². The SMILES string of the molecule is CC[C@H](C)C[C@H](C)C[C@H](C)C[C@H](C)CC(CCCCCCN(CC(C)C)CC(C)C)C[C@H](C)C[C@H](C)C[C@H](C)C[C@H](C)C[C@H](C)CC(CCCCCCCI(CC(C)C)CC(C)C)C[C@H](C)C[C@H](C)C[C@H](C)CC(C)C. The van der Waals surface area contributed by atoms with Crippen LogP contribution in [0, 0.1) is 112 Å². The van der Waals surface area contributed by atoms with E-state index in [1.165, 1.54) is 187 Å². The number of nitrogens with zero attached hydrogens (tertiary/aromatic N) is 1. The molecule has 0 spiro atoms. The first-order valence-corrected chi connectivity index (χ1v) is 39.5. The van der Waals surface area contributed by atoms with Gasteiger partial charge in [-0.25, -0.2) is 0 Å². The molecule has 0 fully saturated rings. The van der Waals surface area contributed by atoms with E-state index in [1.54, 1.807) is 13.3 Å². The van der Waals surface area contributed by atoms with Crippen LogP contribution in [0.25, 0.3) is 0 Å². The zero-order valence-electron chi connectivity index (χ0n) is 57.4. The van der Waals surface area contributed by atoms with E-state index in [0.29, 0.717) is 0 Å². The van der Waals surface area contributed by atoms with E-state index in [1.807, 2.05) is 0 Å². The predicted octanol–water partition coefficient (Wildman–Crippen LogP) is 25.1. The molecule has 0 aliphatic rings. The van der Waals surface area contributed by atoms with Crippen molar-refractivity contribution in [3.8, 4) is 0 Å².